The van der Waals surface area contributed by atoms with Gasteiger partial charge in [-0.3, -0.25) is 5.32 Å². The van der Waals surface area contributed by atoms with Crippen molar-refractivity contribution < 1.29 is 19.0 Å². The van der Waals surface area contributed by atoms with Gasteiger partial charge in [-0.15, -0.1) is 11.8 Å². The molecule has 2 rings (SSSR count). The van der Waals surface area contributed by atoms with Gasteiger partial charge < -0.3 is 25.7 Å². The topological polar surface area (TPSA) is 109 Å². The van der Waals surface area contributed by atoms with Crippen molar-refractivity contribution in [3.8, 4) is 5.75 Å². The number of methoxy groups -OCH3 is 1. The number of rotatable bonds is 10. The lowest BCUT2D eigenvalue weighted by atomic mass is 10.2. The lowest BCUT2D eigenvalue weighted by Crippen LogP contribution is -2.41. The summed E-state index contributed by atoms with van der Waals surface area (Å²) in [6, 6.07) is 7.68. The van der Waals surface area contributed by atoms with Crippen LogP contribution in [0.3, 0.4) is 0 Å². The average molecular weight is 384 g/mol. The minimum atomic E-state index is -0.453. The van der Waals surface area contributed by atoms with Gasteiger partial charge in [0, 0.05) is 5.75 Å². The molecule has 1 aromatic rings. The van der Waals surface area contributed by atoms with Gasteiger partial charge in [-0.2, -0.15) is 0 Å². The standard InChI is InChI=1S/C18H29N3O4S/c1-3-10-24-13-6-4-12(5-7-13)16(19)21-18(20)26-11-14-8-9-15(25-14)17(22)23-2/h4-7,14-16,18,21H,3,8-11,19-20H2,1-2H3. The van der Waals surface area contributed by atoms with Gasteiger partial charge in [0.1, 0.15) is 11.2 Å². The Kier molecular flexibility index (Phi) is 8.67. The third-order valence-electron chi connectivity index (χ3n) is 4.09. The predicted molar refractivity (Wildman–Crippen MR) is 103 cm³/mol. The molecule has 1 saturated heterocycles. The molecule has 0 aromatic heterocycles. The zero-order chi connectivity index (χ0) is 18.9. The summed E-state index contributed by atoms with van der Waals surface area (Å²) in [5.41, 5.74) is 12.9. The molecule has 1 aliphatic rings. The number of benzene rings is 1. The van der Waals surface area contributed by atoms with Crippen molar-refractivity contribution >= 4 is 17.7 Å². The van der Waals surface area contributed by atoms with Crippen LogP contribution in [0.1, 0.15) is 37.9 Å². The first-order chi connectivity index (χ1) is 12.5. The molecule has 0 spiro atoms. The van der Waals surface area contributed by atoms with E-state index >= 15 is 0 Å². The molecule has 8 heteroatoms. The van der Waals surface area contributed by atoms with Crippen molar-refractivity contribution in [2.75, 3.05) is 19.5 Å². The van der Waals surface area contributed by atoms with E-state index in [0.717, 1.165) is 24.2 Å². The molecule has 0 aliphatic carbocycles. The third kappa shape index (κ3) is 6.44. The van der Waals surface area contributed by atoms with Crippen molar-refractivity contribution in [3.63, 3.8) is 0 Å². The molecule has 0 saturated carbocycles. The highest BCUT2D eigenvalue weighted by Gasteiger charge is 2.31. The van der Waals surface area contributed by atoms with Gasteiger partial charge in [0.2, 0.25) is 0 Å². The number of carbonyl (C=O) groups is 1. The van der Waals surface area contributed by atoms with Crippen LogP contribution in [0.2, 0.25) is 0 Å². The number of nitrogens with one attached hydrogen (secondary N) is 1. The van der Waals surface area contributed by atoms with Crippen LogP contribution in [0, 0.1) is 0 Å². The number of esters is 1. The van der Waals surface area contributed by atoms with Crippen LogP contribution < -0.4 is 21.5 Å². The Morgan fingerprint density at radius 2 is 2.08 bits per heavy atom. The summed E-state index contributed by atoms with van der Waals surface area (Å²) in [5, 5.41) is 3.16. The molecule has 146 valence electrons. The highest BCUT2D eigenvalue weighted by atomic mass is 32.2. The first-order valence-electron chi connectivity index (χ1n) is 8.88. The largest absolute Gasteiger partial charge is 0.494 e. The molecule has 4 atom stereocenters. The summed E-state index contributed by atoms with van der Waals surface area (Å²) >= 11 is 1.52. The lowest BCUT2D eigenvalue weighted by Gasteiger charge is -2.21. The highest BCUT2D eigenvalue weighted by molar-refractivity contribution is 7.99. The maximum atomic E-state index is 11.5. The summed E-state index contributed by atoms with van der Waals surface area (Å²) in [4.78, 5) is 11.5. The monoisotopic (exact) mass is 383 g/mol. The molecule has 1 aliphatic heterocycles. The van der Waals surface area contributed by atoms with Crippen molar-refractivity contribution in [3.05, 3.63) is 29.8 Å². The van der Waals surface area contributed by atoms with Gasteiger partial charge in [0.05, 0.1) is 26.0 Å². The molecule has 26 heavy (non-hydrogen) atoms. The Morgan fingerprint density at radius 3 is 2.73 bits per heavy atom. The van der Waals surface area contributed by atoms with Crippen LogP contribution in [0.15, 0.2) is 24.3 Å². The molecular formula is C18H29N3O4S. The number of hydrogen-bond donors (Lipinski definition) is 3. The fourth-order valence-corrected chi connectivity index (χ4v) is 3.57. The van der Waals surface area contributed by atoms with E-state index in [1.807, 2.05) is 24.3 Å². The quantitative estimate of drug-likeness (QED) is 0.414. The van der Waals surface area contributed by atoms with Gasteiger partial charge in [-0.05, 0) is 37.0 Å². The summed E-state index contributed by atoms with van der Waals surface area (Å²) in [6.45, 7) is 2.77. The summed E-state index contributed by atoms with van der Waals surface area (Å²) in [5.74, 6) is 1.21. The Morgan fingerprint density at radius 1 is 1.35 bits per heavy atom. The van der Waals surface area contributed by atoms with Crippen molar-refractivity contribution in [1.29, 1.82) is 0 Å². The SMILES string of the molecule is CCCOc1ccc(C(N)NC(N)SCC2CCC(C(=O)OC)O2)cc1. The molecule has 1 heterocycles. The summed E-state index contributed by atoms with van der Waals surface area (Å²) < 4.78 is 15.9. The van der Waals surface area contributed by atoms with E-state index in [0.29, 0.717) is 18.8 Å². The molecule has 0 amide bonds. The first-order valence-corrected chi connectivity index (χ1v) is 9.93. The average Bonchev–Trinajstić information content (AvgIpc) is 3.13. The Labute approximate surface area is 159 Å². The van der Waals surface area contributed by atoms with Crippen molar-refractivity contribution in [2.45, 2.75) is 50.1 Å². The summed E-state index contributed by atoms with van der Waals surface area (Å²) in [7, 11) is 1.37. The molecular weight excluding hydrogens is 354 g/mol. The van der Waals surface area contributed by atoms with Crippen LogP contribution in [0.5, 0.6) is 5.75 Å². The number of ether oxygens (including phenoxy) is 3. The van der Waals surface area contributed by atoms with E-state index in [4.69, 9.17) is 25.7 Å². The van der Waals surface area contributed by atoms with Crippen molar-refractivity contribution in [1.82, 2.24) is 5.32 Å². The van der Waals surface area contributed by atoms with Crippen LogP contribution in [0.4, 0.5) is 0 Å². The molecule has 4 unspecified atom stereocenters. The van der Waals surface area contributed by atoms with Crippen LogP contribution in [0.25, 0.3) is 0 Å². The molecule has 1 fully saturated rings. The smallest absolute Gasteiger partial charge is 0.334 e. The minimum absolute atomic E-state index is 0.00294. The lowest BCUT2D eigenvalue weighted by molar-refractivity contribution is -0.152. The maximum absolute atomic E-state index is 11.5. The van der Waals surface area contributed by atoms with Gasteiger partial charge in [0.15, 0.2) is 6.10 Å². The highest BCUT2D eigenvalue weighted by Crippen LogP contribution is 2.24. The van der Waals surface area contributed by atoms with Crippen molar-refractivity contribution in [2.24, 2.45) is 11.5 Å². The Balaban J connectivity index is 1.72. The van der Waals surface area contributed by atoms with E-state index in [-0.39, 0.29) is 23.7 Å². The van der Waals surface area contributed by atoms with Gasteiger partial charge in [0.25, 0.3) is 0 Å². The zero-order valence-electron chi connectivity index (χ0n) is 15.4. The van der Waals surface area contributed by atoms with Crippen LogP contribution in [-0.2, 0) is 14.3 Å². The van der Waals surface area contributed by atoms with Gasteiger partial charge >= 0.3 is 5.97 Å². The van der Waals surface area contributed by atoms with E-state index in [2.05, 4.69) is 12.2 Å². The van der Waals surface area contributed by atoms with Crippen LogP contribution in [-0.4, -0.2) is 43.1 Å². The Bertz CT molecular complexity index is 558. The minimum Gasteiger partial charge on any atom is -0.494 e. The van der Waals surface area contributed by atoms with Gasteiger partial charge in [-0.1, -0.05) is 19.1 Å². The Hall–Kier alpha value is -1.32. The normalized spacial score (nSPS) is 22.0. The molecule has 0 bridgehead atoms. The number of carbonyl (C=O) groups excluding carboxylic acids is 1. The maximum Gasteiger partial charge on any atom is 0.334 e. The predicted octanol–water partition coefficient (Wildman–Crippen LogP) is 1.72. The fourth-order valence-electron chi connectivity index (χ4n) is 2.66. The second-order valence-corrected chi connectivity index (χ2v) is 7.34. The molecule has 5 N–H and O–H groups in total. The summed E-state index contributed by atoms with van der Waals surface area (Å²) in [6.07, 6.45) is 1.66. The third-order valence-corrected chi connectivity index (χ3v) is 5.15. The fraction of sp³-hybridized carbons (Fsp3) is 0.611. The zero-order valence-corrected chi connectivity index (χ0v) is 16.2. The number of hydrogen-bond acceptors (Lipinski definition) is 8. The second kappa shape index (κ2) is 10.7. The van der Waals surface area contributed by atoms with E-state index < -0.39 is 6.10 Å². The van der Waals surface area contributed by atoms with E-state index in [1.54, 1.807) is 0 Å². The van der Waals surface area contributed by atoms with Crippen LogP contribution >= 0.6 is 11.8 Å². The molecule has 0 radical (unpaired) electrons. The van der Waals surface area contributed by atoms with E-state index in [9.17, 15) is 4.79 Å². The second-order valence-electron chi connectivity index (χ2n) is 6.16. The van der Waals surface area contributed by atoms with Gasteiger partial charge in [-0.25, -0.2) is 4.79 Å². The number of thioether (sulfide) groups is 1. The first kappa shape index (κ1) is 21.0. The molecule has 1 aromatic carbocycles. The van der Waals surface area contributed by atoms with E-state index in [1.165, 1.54) is 18.9 Å². The molecule has 7 nitrogen and oxygen atoms in total. The number of nitrogens with two attached hydrogens (primary N) is 2.